The van der Waals surface area contributed by atoms with Gasteiger partial charge in [0.2, 0.25) is 0 Å². The largest absolute Gasteiger partial charge is 0.491 e. The molecule has 1 atom stereocenters. The first-order valence-corrected chi connectivity index (χ1v) is 6.30. The third kappa shape index (κ3) is 5.71. The number of nitrogens with two attached hydrogens (primary N) is 1. The molecule has 96 valence electrons. The Morgan fingerprint density at radius 3 is 2.41 bits per heavy atom. The van der Waals surface area contributed by atoms with Gasteiger partial charge in [0.15, 0.2) is 0 Å². The van der Waals surface area contributed by atoms with Gasteiger partial charge in [-0.25, -0.2) is 0 Å². The minimum atomic E-state index is 0.0708. The SMILES string of the molecule is CCCCOCCOc1ccc([C@@H](C)N)cc1. The first-order valence-electron chi connectivity index (χ1n) is 6.30. The van der Waals surface area contributed by atoms with Crippen LogP contribution in [0.1, 0.15) is 38.3 Å². The van der Waals surface area contributed by atoms with E-state index in [9.17, 15) is 0 Å². The van der Waals surface area contributed by atoms with Gasteiger partial charge < -0.3 is 15.2 Å². The lowest BCUT2D eigenvalue weighted by molar-refractivity contribution is 0.0980. The van der Waals surface area contributed by atoms with Crippen molar-refractivity contribution in [3.05, 3.63) is 29.8 Å². The molecular formula is C14H23NO2. The fourth-order valence-electron chi connectivity index (χ4n) is 1.43. The Labute approximate surface area is 104 Å². The minimum Gasteiger partial charge on any atom is -0.491 e. The van der Waals surface area contributed by atoms with Gasteiger partial charge in [-0.1, -0.05) is 25.5 Å². The maximum absolute atomic E-state index is 5.77. The summed E-state index contributed by atoms with van der Waals surface area (Å²) in [6, 6.07) is 7.96. The van der Waals surface area contributed by atoms with Crippen molar-refractivity contribution in [3.8, 4) is 5.75 Å². The Hall–Kier alpha value is -1.06. The number of hydrogen-bond acceptors (Lipinski definition) is 3. The Morgan fingerprint density at radius 2 is 1.82 bits per heavy atom. The fraction of sp³-hybridized carbons (Fsp3) is 0.571. The molecule has 1 aromatic rings. The zero-order valence-electron chi connectivity index (χ0n) is 10.8. The van der Waals surface area contributed by atoms with Crippen LogP contribution in [0.3, 0.4) is 0 Å². The molecule has 0 aromatic heterocycles. The van der Waals surface area contributed by atoms with Crippen molar-refractivity contribution in [2.75, 3.05) is 19.8 Å². The molecule has 0 radical (unpaired) electrons. The van der Waals surface area contributed by atoms with Crippen molar-refractivity contribution >= 4 is 0 Å². The minimum absolute atomic E-state index is 0.0708. The number of benzene rings is 1. The van der Waals surface area contributed by atoms with Crippen LogP contribution >= 0.6 is 0 Å². The van der Waals surface area contributed by atoms with E-state index in [0.29, 0.717) is 13.2 Å². The highest BCUT2D eigenvalue weighted by Gasteiger charge is 1.99. The van der Waals surface area contributed by atoms with Crippen molar-refractivity contribution in [2.24, 2.45) is 5.73 Å². The quantitative estimate of drug-likeness (QED) is 0.707. The van der Waals surface area contributed by atoms with Gasteiger partial charge in [-0.15, -0.1) is 0 Å². The second kappa shape index (κ2) is 8.09. The summed E-state index contributed by atoms with van der Waals surface area (Å²) in [6.45, 7) is 6.19. The third-order valence-corrected chi connectivity index (χ3v) is 2.54. The molecule has 0 saturated heterocycles. The summed E-state index contributed by atoms with van der Waals surface area (Å²) in [5.74, 6) is 0.869. The highest BCUT2D eigenvalue weighted by atomic mass is 16.5. The van der Waals surface area contributed by atoms with E-state index in [4.69, 9.17) is 15.2 Å². The van der Waals surface area contributed by atoms with E-state index in [-0.39, 0.29) is 6.04 Å². The molecular weight excluding hydrogens is 214 g/mol. The van der Waals surface area contributed by atoms with Gasteiger partial charge in [0.1, 0.15) is 12.4 Å². The van der Waals surface area contributed by atoms with Crippen molar-refractivity contribution in [2.45, 2.75) is 32.7 Å². The van der Waals surface area contributed by atoms with Crippen LogP contribution in [0, 0.1) is 0 Å². The highest BCUT2D eigenvalue weighted by Crippen LogP contribution is 2.15. The Bertz CT molecular complexity index is 296. The predicted molar refractivity (Wildman–Crippen MR) is 70.3 cm³/mol. The number of hydrogen-bond donors (Lipinski definition) is 1. The number of ether oxygens (including phenoxy) is 2. The molecule has 1 rings (SSSR count). The second-order valence-electron chi connectivity index (χ2n) is 4.17. The van der Waals surface area contributed by atoms with Crippen LogP contribution in [0.2, 0.25) is 0 Å². The fourth-order valence-corrected chi connectivity index (χ4v) is 1.43. The van der Waals surface area contributed by atoms with E-state index < -0.39 is 0 Å². The molecule has 0 amide bonds. The van der Waals surface area contributed by atoms with Crippen molar-refractivity contribution in [1.29, 1.82) is 0 Å². The van der Waals surface area contributed by atoms with E-state index in [1.807, 2.05) is 31.2 Å². The normalized spacial score (nSPS) is 12.4. The average molecular weight is 237 g/mol. The van der Waals surface area contributed by atoms with Crippen LogP contribution in [0.5, 0.6) is 5.75 Å². The number of rotatable bonds is 8. The lowest BCUT2D eigenvalue weighted by atomic mass is 10.1. The first kappa shape index (κ1) is 14.0. The molecule has 0 fully saturated rings. The summed E-state index contributed by atoms with van der Waals surface area (Å²) < 4.78 is 11.0. The smallest absolute Gasteiger partial charge is 0.119 e. The van der Waals surface area contributed by atoms with Crippen LogP contribution < -0.4 is 10.5 Å². The molecule has 0 aliphatic rings. The maximum Gasteiger partial charge on any atom is 0.119 e. The molecule has 0 spiro atoms. The molecule has 0 heterocycles. The van der Waals surface area contributed by atoms with Gasteiger partial charge >= 0.3 is 0 Å². The molecule has 0 aliphatic heterocycles. The maximum atomic E-state index is 5.77. The van der Waals surface area contributed by atoms with Crippen LogP contribution in [0.15, 0.2) is 24.3 Å². The second-order valence-corrected chi connectivity index (χ2v) is 4.17. The van der Waals surface area contributed by atoms with Gasteiger partial charge in [-0.05, 0) is 31.0 Å². The standard InChI is InChI=1S/C14H23NO2/c1-3-4-9-16-10-11-17-14-7-5-13(6-8-14)12(2)15/h5-8,12H,3-4,9-11,15H2,1-2H3/t12-/m1/s1. The van der Waals surface area contributed by atoms with E-state index >= 15 is 0 Å². The van der Waals surface area contributed by atoms with Crippen LogP contribution in [-0.4, -0.2) is 19.8 Å². The van der Waals surface area contributed by atoms with Crippen molar-refractivity contribution in [3.63, 3.8) is 0 Å². The average Bonchev–Trinajstić information content (AvgIpc) is 2.34. The summed E-state index contributed by atoms with van der Waals surface area (Å²) in [7, 11) is 0. The molecule has 3 heteroatoms. The lowest BCUT2D eigenvalue weighted by Crippen LogP contribution is -2.08. The van der Waals surface area contributed by atoms with E-state index in [0.717, 1.165) is 24.3 Å². The zero-order chi connectivity index (χ0) is 12.5. The summed E-state index contributed by atoms with van der Waals surface area (Å²) in [5, 5.41) is 0. The molecule has 0 bridgehead atoms. The molecule has 0 saturated carbocycles. The van der Waals surface area contributed by atoms with Crippen LogP contribution in [-0.2, 0) is 4.74 Å². The molecule has 0 unspecified atom stereocenters. The van der Waals surface area contributed by atoms with Gasteiger partial charge in [-0.3, -0.25) is 0 Å². The van der Waals surface area contributed by atoms with Crippen molar-refractivity contribution in [1.82, 2.24) is 0 Å². The zero-order valence-corrected chi connectivity index (χ0v) is 10.8. The third-order valence-electron chi connectivity index (χ3n) is 2.54. The summed E-state index contributed by atoms with van der Waals surface area (Å²) in [6.07, 6.45) is 2.28. The van der Waals surface area contributed by atoms with Gasteiger partial charge in [0.05, 0.1) is 6.61 Å². The topological polar surface area (TPSA) is 44.5 Å². The highest BCUT2D eigenvalue weighted by molar-refractivity contribution is 5.28. The molecule has 3 nitrogen and oxygen atoms in total. The lowest BCUT2D eigenvalue weighted by Gasteiger charge is -2.09. The Kier molecular flexibility index (Phi) is 6.67. The molecule has 2 N–H and O–H groups in total. The molecule has 0 aliphatic carbocycles. The van der Waals surface area contributed by atoms with E-state index in [1.54, 1.807) is 0 Å². The molecule has 1 aromatic carbocycles. The molecule has 17 heavy (non-hydrogen) atoms. The summed E-state index contributed by atoms with van der Waals surface area (Å²) in [4.78, 5) is 0. The van der Waals surface area contributed by atoms with Gasteiger partial charge in [-0.2, -0.15) is 0 Å². The predicted octanol–water partition coefficient (Wildman–Crippen LogP) is 2.90. The number of unbranched alkanes of at least 4 members (excludes halogenated alkanes) is 1. The van der Waals surface area contributed by atoms with Gasteiger partial charge in [0.25, 0.3) is 0 Å². The first-order chi connectivity index (χ1) is 8.24. The summed E-state index contributed by atoms with van der Waals surface area (Å²) >= 11 is 0. The van der Waals surface area contributed by atoms with Crippen molar-refractivity contribution < 1.29 is 9.47 Å². The van der Waals surface area contributed by atoms with E-state index in [2.05, 4.69) is 6.92 Å². The van der Waals surface area contributed by atoms with Crippen LogP contribution in [0.4, 0.5) is 0 Å². The Balaban J connectivity index is 2.19. The van der Waals surface area contributed by atoms with Crippen LogP contribution in [0.25, 0.3) is 0 Å². The Morgan fingerprint density at radius 1 is 1.12 bits per heavy atom. The van der Waals surface area contributed by atoms with E-state index in [1.165, 1.54) is 6.42 Å². The van der Waals surface area contributed by atoms with Gasteiger partial charge in [0, 0.05) is 12.6 Å². The monoisotopic (exact) mass is 237 g/mol. The summed E-state index contributed by atoms with van der Waals surface area (Å²) in [5.41, 5.74) is 6.89.